The highest BCUT2D eigenvalue weighted by molar-refractivity contribution is 5.89. The van der Waals surface area contributed by atoms with Crippen LogP contribution in [0.3, 0.4) is 0 Å². The van der Waals surface area contributed by atoms with Crippen LogP contribution in [0.4, 0.5) is 27.6 Å². The van der Waals surface area contributed by atoms with E-state index < -0.39 is 53.0 Å². The van der Waals surface area contributed by atoms with Crippen molar-refractivity contribution in [1.29, 1.82) is 0 Å². The van der Waals surface area contributed by atoms with Crippen LogP contribution in [-0.4, -0.2) is 27.4 Å². The molecule has 0 aliphatic carbocycles. The highest BCUT2D eigenvalue weighted by Gasteiger charge is 2.34. The number of nitrogens with one attached hydrogen (secondary N) is 1. The highest BCUT2D eigenvalue weighted by Crippen LogP contribution is 2.32. The van der Waals surface area contributed by atoms with Gasteiger partial charge in [-0.2, -0.15) is 17.9 Å². The molecule has 2 aromatic carbocycles. The first-order chi connectivity index (χ1) is 15.4. The molecule has 174 valence electrons. The molecule has 0 unspecified atom stereocenters. The van der Waals surface area contributed by atoms with Gasteiger partial charge in [-0.1, -0.05) is 6.07 Å². The van der Waals surface area contributed by atoms with Gasteiger partial charge < -0.3 is 10.1 Å². The molecule has 8 nitrogen and oxygen atoms in total. The topological polar surface area (TPSA) is 95.2 Å². The fraction of sp³-hybridized carbons (Fsp3) is 0.200. The molecule has 1 N–H and O–H groups in total. The van der Waals surface area contributed by atoms with E-state index in [2.05, 4.69) is 10.4 Å². The van der Waals surface area contributed by atoms with Crippen LogP contribution in [0.2, 0.25) is 0 Å². The lowest BCUT2D eigenvalue weighted by molar-refractivity contribution is -0.140. The van der Waals surface area contributed by atoms with Gasteiger partial charge in [0.2, 0.25) is 5.91 Å². The fourth-order valence-electron chi connectivity index (χ4n) is 2.93. The molecule has 0 atom stereocenters. The van der Waals surface area contributed by atoms with Gasteiger partial charge in [0.05, 0.1) is 30.6 Å². The average Bonchev–Trinajstić information content (AvgIpc) is 2.73. The Balaban J connectivity index is 2.16. The smallest absolute Gasteiger partial charge is 0.419 e. The van der Waals surface area contributed by atoms with E-state index in [-0.39, 0.29) is 16.9 Å². The lowest BCUT2D eigenvalue weighted by Gasteiger charge is -2.14. The van der Waals surface area contributed by atoms with Crippen molar-refractivity contribution >= 4 is 11.6 Å². The summed E-state index contributed by atoms with van der Waals surface area (Å²) in [6.07, 6.45) is -4.99. The number of methoxy groups -OCH3 is 1. The van der Waals surface area contributed by atoms with E-state index in [4.69, 9.17) is 4.74 Å². The number of carbonyl (C=O) groups is 1. The lowest BCUT2D eigenvalue weighted by atomic mass is 10.1. The van der Waals surface area contributed by atoms with Gasteiger partial charge in [0.1, 0.15) is 11.6 Å². The first-order valence-electron chi connectivity index (χ1n) is 9.13. The second-order valence-electron chi connectivity index (χ2n) is 6.75. The molecule has 0 spiro atoms. The summed E-state index contributed by atoms with van der Waals surface area (Å²) < 4.78 is 72.7. The zero-order valence-corrected chi connectivity index (χ0v) is 17.0. The molecule has 0 bridgehead atoms. The van der Waals surface area contributed by atoms with Crippen molar-refractivity contribution in [3.63, 3.8) is 0 Å². The zero-order valence-electron chi connectivity index (χ0n) is 17.0. The third-order valence-corrected chi connectivity index (χ3v) is 4.41. The molecule has 3 aromatic rings. The van der Waals surface area contributed by atoms with E-state index in [0.29, 0.717) is 21.4 Å². The largest absolute Gasteiger partial charge is 0.476 e. The minimum atomic E-state index is -4.99. The number of ether oxygens (including phenoxy) is 1. The van der Waals surface area contributed by atoms with Gasteiger partial charge in [-0.25, -0.2) is 18.1 Å². The Labute approximate surface area is 181 Å². The second kappa shape index (κ2) is 8.84. The van der Waals surface area contributed by atoms with Crippen LogP contribution in [-0.2, 0) is 17.5 Å². The summed E-state index contributed by atoms with van der Waals surface area (Å²) in [7, 11) is 1.08. The number of anilines is 1. The van der Waals surface area contributed by atoms with Crippen LogP contribution in [0, 0.1) is 11.6 Å². The van der Waals surface area contributed by atoms with Gasteiger partial charge in [0, 0.05) is 6.92 Å². The molecule has 0 saturated heterocycles. The number of rotatable bonds is 5. The Bertz CT molecular complexity index is 1350. The maximum absolute atomic E-state index is 14.0. The lowest BCUT2D eigenvalue weighted by Crippen LogP contribution is -2.41. The molecule has 0 aliphatic rings. The van der Waals surface area contributed by atoms with Crippen molar-refractivity contribution in [3.05, 3.63) is 80.0 Å². The maximum Gasteiger partial charge on any atom is 0.419 e. The number of alkyl halides is 3. The quantitative estimate of drug-likeness (QED) is 0.579. The summed E-state index contributed by atoms with van der Waals surface area (Å²) in [5.74, 6) is -3.50. The Morgan fingerprint density at radius 3 is 2.36 bits per heavy atom. The fourth-order valence-corrected chi connectivity index (χ4v) is 2.93. The third-order valence-electron chi connectivity index (χ3n) is 4.41. The number of benzene rings is 2. The van der Waals surface area contributed by atoms with Gasteiger partial charge in [0.25, 0.3) is 5.88 Å². The minimum absolute atomic E-state index is 0.0766. The van der Waals surface area contributed by atoms with Gasteiger partial charge in [-0.15, -0.1) is 5.10 Å². The Hall–Kier alpha value is -4.03. The van der Waals surface area contributed by atoms with E-state index in [1.54, 1.807) is 0 Å². The van der Waals surface area contributed by atoms with Crippen molar-refractivity contribution < 1.29 is 31.5 Å². The maximum atomic E-state index is 14.0. The second-order valence-corrected chi connectivity index (χ2v) is 6.75. The predicted molar refractivity (Wildman–Crippen MR) is 105 cm³/mol. The number of hydrogen-bond donors (Lipinski definition) is 1. The standard InChI is InChI=1S/C20H15F5N4O4/c1-10(30)26-16-8-12(4-6-15(16)22)29-19(32)28(18(31)17(27-29)33-2)9-11-3-5-14(21)13(7-11)20(23,24)25/h3-8H,9H2,1-2H3,(H,26,30). The summed E-state index contributed by atoms with van der Waals surface area (Å²) in [5, 5.41) is 5.98. The summed E-state index contributed by atoms with van der Waals surface area (Å²) in [4.78, 5) is 36.8. The van der Waals surface area contributed by atoms with Crippen LogP contribution in [0.5, 0.6) is 5.88 Å². The Kier molecular flexibility index (Phi) is 6.33. The SMILES string of the molecule is COc1nn(-c2ccc(F)c(NC(C)=O)c2)c(=O)n(Cc2ccc(F)c(C(F)(F)F)c2)c1=O. The number of aromatic nitrogens is 3. The number of hydrogen-bond acceptors (Lipinski definition) is 5. The Morgan fingerprint density at radius 2 is 1.76 bits per heavy atom. The van der Waals surface area contributed by atoms with E-state index in [0.717, 1.165) is 38.3 Å². The van der Waals surface area contributed by atoms with Crippen molar-refractivity contribution in [2.24, 2.45) is 0 Å². The third kappa shape index (κ3) is 4.91. The normalized spacial score (nSPS) is 11.4. The minimum Gasteiger partial charge on any atom is -0.476 e. The van der Waals surface area contributed by atoms with Crippen molar-refractivity contribution in [2.75, 3.05) is 12.4 Å². The molecular formula is C20H15F5N4O4. The van der Waals surface area contributed by atoms with E-state index in [1.807, 2.05) is 0 Å². The van der Waals surface area contributed by atoms with Crippen LogP contribution in [0.15, 0.2) is 46.0 Å². The predicted octanol–water partition coefficient (Wildman–Crippen LogP) is 2.71. The van der Waals surface area contributed by atoms with E-state index >= 15 is 0 Å². The number of nitrogens with zero attached hydrogens (tertiary/aromatic N) is 3. The first kappa shape index (κ1) is 23.6. The van der Waals surface area contributed by atoms with Gasteiger partial charge in [0.15, 0.2) is 0 Å². The van der Waals surface area contributed by atoms with Crippen LogP contribution >= 0.6 is 0 Å². The van der Waals surface area contributed by atoms with E-state index in [9.17, 15) is 36.3 Å². The summed E-state index contributed by atoms with van der Waals surface area (Å²) in [6, 6.07) is 5.17. The van der Waals surface area contributed by atoms with Crippen molar-refractivity contribution in [3.8, 4) is 11.6 Å². The summed E-state index contributed by atoms with van der Waals surface area (Å²) in [6.45, 7) is 0.470. The van der Waals surface area contributed by atoms with Gasteiger partial charge in [-0.05, 0) is 35.9 Å². The molecule has 0 fully saturated rings. The molecule has 1 heterocycles. The number of halogens is 5. The number of amides is 1. The van der Waals surface area contributed by atoms with Crippen molar-refractivity contribution in [2.45, 2.75) is 19.6 Å². The molecular weight excluding hydrogens is 455 g/mol. The van der Waals surface area contributed by atoms with Crippen LogP contribution < -0.4 is 21.3 Å². The molecule has 33 heavy (non-hydrogen) atoms. The zero-order chi connectivity index (χ0) is 24.5. The molecule has 3 rings (SSSR count). The molecule has 1 amide bonds. The molecule has 0 radical (unpaired) electrons. The monoisotopic (exact) mass is 470 g/mol. The van der Waals surface area contributed by atoms with Gasteiger partial charge in [-0.3, -0.25) is 9.59 Å². The van der Waals surface area contributed by atoms with Gasteiger partial charge >= 0.3 is 17.4 Å². The average molecular weight is 470 g/mol. The summed E-state index contributed by atoms with van der Waals surface area (Å²) >= 11 is 0. The summed E-state index contributed by atoms with van der Waals surface area (Å²) in [5.41, 5.74) is -4.26. The van der Waals surface area contributed by atoms with Crippen LogP contribution in [0.25, 0.3) is 5.69 Å². The molecule has 1 aromatic heterocycles. The molecule has 13 heteroatoms. The first-order valence-corrected chi connectivity index (χ1v) is 9.13. The highest BCUT2D eigenvalue weighted by atomic mass is 19.4. The van der Waals surface area contributed by atoms with Crippen LogP contribution in [0.1, 0.15) is 18.1 Å². The number of carbonyl (C=O) groups excluding carboxylic acids is 1. The Morgan fingerprint density at radius 1 is 1.09 bits per heavy atom. The molecule has 0 saturated carbocycles. The van der Waals surface area contributed by atoms with Crippen molar-refractivity contribution in [1.82, 2.24) is 14.3 Å². The molecule has 0 aliphatic heterocycles. The van der Waals surface area contributed by atoms with E-state index in [1.165, 1.54) is 0 Å².